The lowest BCUT2D eigenvalue weighted by Gasteiger charge is -2.25. The average molecular weight is 286 g/mol. The fourth-order valence-electron chi connectivity index (χ4n) is 3.02. The van der Waals surface area contributed by atoms with Gasteiger partial charge in [-0.05, 0) is 48.4 Å². The van der Waals surface area contributed by atoms with E-state index in [4.69, 9.17) is 0 Å². The molecule has 1 aliphatic heterocycles. The zero-order valence-electron chi connectivity index (χ0n) is 12.0. The SMILES string of the molecule is CCCNC(c1cccc2cccnc12)C1CCSC1. The first-order chi connectivity index (χ1) is 9.90. The van der Waals surface area contributed by atoms with Crippen molar-refractivity contribution < 1.29 is 0 Å². The van der Waals surface area contributed by atoms with E-state index in [0.717, 1.165) is 12.5 Å². The zero-order chi connectivity index (χ0) is 13.8. The van der Waals surface area contributed by atoms with Crippen LogP contribution in [-0.4, -0.2) is 23.0 Å². The second-order valence-electron chi connectivity index (χ2n) is 5.48. The van der Waals surface area contributed by atoms with E-state index >= 15 is 0 Å². The van der Waals surface area contributed by atoms with Crippen LogP contribution in [0, 0.1) is 5.92 Å². The van der Waals surface area contributed by atoms with Gasteiger partial charge < -0.3 is 5.32 Å². The molecule has 0 amide bonds. The van der Waals surface area contributed by atoms with Crippen molar-refractivity contribution in [2.24, 2.45) is 5.92 Å². The van der Waals surface area contributed by atoms with Crippen molar-refractivity contribution in [3.8, 4) is 0 Å². The number of aromatic nitrogens is 1. The molecule has 3 rings (SSSR count). The number of benzene rings is 1. The van der Waals surface area contributed by atoms with Crippen molar-refractivity contribution in [1.29, 1.82) is 0 Å². The standard InChI is InChI=1S/C17H22N2S/c1-2-9-18-17(14-8-11-20-12-14)15-7-3-5-13-6-4-10-19-16(13)15/h3-7,10,14,17-18H,2,8-9,11-12H2,1H3. The van der Waals surface area contributed by atoms with Crippen LogP contribution >= 0.6 is 11.8 Å². The Kier molecular flexibility index (Phi) is 4.58. The van der Waals surface area contributed by atoms with E-state index in [1.165, 1.54) is 40.8 Å². The van der Waals surface area contributed by atoms with E-state index in [2.05, 4.69) is 53.3 Å². The molecule has 0 bridgehead atoms. The summed E-state index contributed by atoms with van der Waals surface area (Å²) in [5.74, 6) is 3.30. The molecule has 1 aromatic heterocycles. The molecule has 0 aliphatic carbocycles. The fourth-order valence-corrected chi connectivity index (χ4v) is 4.32. The Morgan fingerprint density at radius 2 is 2.25 bits per heavy atom. The maximum absolute atomic E-state index is 4.63. The normalized spacial score (nSPS) is 20.4. The Labute approximate surface area is 125 Å². The van der Waals surface area contributed by atoms with Gasteiger partial charge >= 0.3 is 0 Å². The highest BCUT2D eigenvalue weighted by atomic mass is 32.2. The number of rotatable bonds is 5. The Balaban J connectivity index is 1.99. The number of nitrogens with zero attached hydrogens (tertiary/aromatic N) is 1. The minimum atomic E-state index is 0.448. The van der Waals surface area contributed by atoms with Gasteiger partial charge in [-0.3, -0.25) is 4.98 Å². The monoisotopic (exact) mass is 286 g/mol. The van der Waals surface area contributed by atoms with E-state index in [9.17, 15) is 0 Å². The third-order valence-corrected chi connectivity index (χ3v) is 5.24. The Hall–Kier alpha value is -1.06. The Bertz CT molecular complexity index is 558. The molecule has 0 spiro atoms. The quantitative estimate of drug-likeness (QED) is 0.898. The smallest absolute Gasteiger partial charge is 0.0749 e. The van der Waals surface area contributed by atoms with E-state index in [1.54, 1.807) is 0 Å². The molecule has 2 atom stereocenters. The maximum Gasteiger partial charge on any atom is 0.0749 e. The molecule has 3 heteroatoms. The van der Waals surface area contributed by atoms with Crippen molar-refractivity contribution in [3.63, 3.8) is 0 Å². The van der Waals surface area contributed by atoms with Crippen molar-refractivity contribution in [2.45, 2.75) is 25.8 Å². The summed E-state index contributed by atoms with van der Waals surface area (Å²) in [6.07, 6.45) is 4.40. The van der Waals surface area contributed by atoms with Crippen LogP contribution in [0.1, 0.15) is 31.4 Å². The van der Waals surface area contributed by atoms with Crippen molar-refractivity contribution in [1.82, 2.24) is 10.3 Å². The summed E-state index contributed by atoms with van der Waals surface area (Å²) in [5, 5.41) is 5.02. The molecule has 2 heterocycles. The highest BCUT2D eigenvalue weighted by Crippen LogP contribution is 2.36. The van der Waals surface area contributed by atoms with Gasteiger partial charge in [0.1, 0.15) is 0 Å². The number of thioether (sulfide) groups is 1. The van der Waals surface area contributed by atoms with Crippen LogP contribution in [0.5, 0.6) is 0 Å². The van der Waals surface area contributed by atoms with Crippen molar-refractivity contribution in [2.75, 3.05) is 18.1 Å². The first kappa shape index (κ1) is 13.9. The van der Waals surface area contributed by atoms with Crippen molar-refractivity contribution >= 4 is 22.7 Å². The third kappa shape index (κ3) is 2.84. The van der Waals surface area contributed by atoms with Gasteiger partial charge in [0, 0.05) is 17.6 Å². The van der Waals surface area contributed by atoms with Gasteiger partial charge in [-0.2, -0.15) is 11.8 Å². The predicted octanol–water partition coefficient (Wildman–Crippen LogP) is 4.03. The van der Waals surface area contributed by atoms with Crippen LogP contribution in [0.3, 0.4) is 0 Å². The van der Waals surface area contributed by atoms with Gasteiger partial charge in [-0.15, -0.1) is 0 Å². The van der Waals surface area contributed by atoms with Gasteiger partial charge in [0.2, 0.25) is 0 Å². The lowest BCUT2D eigenvalue weighted by Crippen LogP contribution is -2.29. The summed E-state index contributed by atoms with van der Waals surface area (Å²) in [4.78, 5) is 4.63. The molecule has 1 N–H and O–H groups in total. The van der Waals surface area contributed by atoms with Crippen LogP contribution in [0.15, 0.2) is 36.5 Å². The lowest BCUT2D eigenvalue weighted by molar-refractivity contribution is 0.395. The summed E-state index contributed by atoms with van der Waals surface area (Å²) in [5.41, 5.74) is 2.55. The van der Waals surface area contributed by atoms with Crippen LogP contribution < -0.4 is 5.32 Å². The summed E-state index contributed by atoms with van der Waals surface area (Å²) in [7, 11) is 0. The molecule has 0 saturated carbocycles. The van der Waals surface area contributed by atoms with E-state index < -0.39 is 0 Å². The number of hydrogen-bond acceptors (Lipinski definition) is 3. The molecule has 1 fully saturated rings. The minimum absolute atomic E-state index is 0.448. The first-order valence-corrected chi connectivity index (χ1v) is 8.70. The van der Waals surface area contributed by atoms with E-state index in [1.807, 2.05) is 12.3 Å². The number of pyridine rings is 1. The van der Waals surface area contributed by atoms with Crippen LogP contribution in [0.25, 0.3) is 10.9 Å². The number of fused-ring (bicyclic) bond motifs is 1. The molecule has 1 aliphatic rings. The summed E-state index contributed by atoms with van der Waals surface area (Å²) in [6, 6.07) is 11.2. The molecular formula is C17H22N2S. The molecule has 2 nitrogen and oxygen atoms in total. The van der Waals surface area contributed by atoms with Crippen LogP contribution in [-0.2, 0) is 0 Å². The molecule has 2 aromatic rings. The maximum atomic E-state index is 4.63. The Morgan fingerprint density at radius 1 is 1.35 bits per heavy atom. The van der Waals surface area contributed by atoms with Gasteiger partial charge in [0.15, 0.2) is 0 Å². The van der Waals surface area contributed by atoms with E-state index in [-0.39, 0.29) is 0 Å². The molecule has 1 saturated heterocycles. The van der Waals surface area contributed by atoms with Crippen LogP contribution in [0.2, 0.25) is 0 Å². The summed E-state index contributed by atoms with van der Waals surface area (Å²) >= 11 is 2.08. The number of hydrogen-bond donors (Lipinski definition) is 1. The minimum Gasteiger partial charge on any atom is -0.310 e. The molecular weight excluding hydrogens is 264 g/mol. The highest BCUT2D eigenvalue weighted by Gasteiger charge is 2.27. The van der Waals surface area contributed by atoms with E-state index in [0.29, 0.717) is 6.04 Å². The molecule has 20 heavy (non-hydrogen) atoms. The molecule has 1 aromatic carbocycles. The van der Waals surface area contributed by atoms with Gasteiger partial charge in [-0.25, -0.2) is 0 Å². The van der Waals surface area contributed by atoms with Gasteiger partial charge in [0.25, 0.3) is 0 Å². The zero-order valence-corrected chi connectivity index (χ0v) is 12.8. The highest BCUT2D eigenvalue weighted by molar-refractivity contribution is 7.99. The fraction of sp³-hybridized carbons (Fsp3) is 0.471. The second-order valence-corrected chi connectivity index (χ2v) is 6.63. The van der Waals surface area contributed by atoms with Gasteiger partial charge in [-0.1, -0.05) is 31.2 Å². The van der Waals surface area contributed by atoms with Crippen LogP contribution in [0.4, 0.5) is 0 Å². The first-order valence-electron chi connectivity index (χ1n) is 7.55. The molecule has 2 unspecified atom stereocenters. The lowest BCUT2D eigenvalue weighted by atomic mass is 9.90. The average Bonchev–Trinajstić information content (AvgIpc) is 3.02. The topological polar surface area (TPSA) is 24.9 Å². The third-order valence-electron chi connectivity index (χ3n) is 4.05. The number of para-hydroxylation sites is 1. The molecule has 0 radical (unpaired) electrons. The molecule has 106 valence electrons. The Morgan fingerprint density at radius 3 is 3.05 bits per heavy atom. The largest absolute Gasteiger partial charge is 0.310 e. The van der Waals surface area contributed by atoms with Gasteiger partial charge in [0.05, 0.1) is 5.52 Å². The predicted molar refractivity (Wildman–Crippen MR) is 88.2 cm³/mol. The summed E-state index contributed by atoms with van der Waals surface area (Å²) < 4.78 is 0. The second kappa shape index (κ2) is 6.59. The van der Waals surface area contributed by atoms with Crippen molar-refractivity contribution in [3.05, 3.63) is 42.1 Å². The number of nitrogens with one attached hydrogen (secondary N) is 1. The summed E-state index contributed by atoms with van der Waals surface area (Å²) in [6.45, 7) is 3.31.